The van der Waals surface area contributed by atoms with E-state index < -0.39 is 21.3 Å². The number of aryl methyl sites for hydroxylation is 3. The van der Waals surface area contributed by atoms with Gasteiger partial charge in [0.1, 0.15) is 0 Å². The van der Waals surface area contributed by atoms with Crippen molar-refractivity contribution < 1.29 is 18.0 Å². The highest BCUT2D eigenvalue weighted by molar-refractivity contribution is 7.89. The number of amides is 2. The fourth-order valence-corrected chi connectivity index (χ4v) is 5.29. The van der Waals surface area contributed by atoms with Gasteiger partial charge in [0, 0.05) is 25.5 Å². The van der Waals surface area contributed by atoms with Gasteiger partial charge in [-0.05, 0) is 69.5 Å². The molecule has 0 radical (unpaired) electrons. The van der Waals surface area contributed by atoms with Crippen LogP contribution >= 0.6 is 0 Å². The second kappa shape index (κ2) is 7.76. The maximum atomic E-state index is 13.1. The summed E-state index contributed by atoms with van der Waals surface area (Å²) in [6.07, 6.45) is 0. The minimum Gasteiger partial charge on any atom is -0.324 e. The number of likely N-dealkylation sites (N-methyl/N-ethyl adjacent to an activating group) is 2. The molecule has 2 aromatic rings. The van der Waals surface area contributed by atoms with Gasteiger partial charge in [0.2, 0.25) is 21.8 Å². The molecule has 0 bridgehead atoms. The lowest BCUT2D eigenvalue weighted by Gasteiger charge is -2.20. The smallest absolute Gasteiger partial charge is 0.243 e. The molecule has 0 fully saturated rings. The first-order valence-electron chi connectivity index (χ1n) is 10.0. The molecule has 7 nitrogen and oxygen atoms in total. The number of carbonyl (C=O) groups is 2. The molecule has 2 amide bonds. The predicted molar refractivity (Wildman–Crippen MR) is 122 cm³/mol. The van der Waals surface area contributed by atoms with Gasteiger partial charge in [-0.1, -0.05) is 17.7 Å². The quantitative estimate of drug-likeness (QED) is 0.769. The number of benzene rings is 2. The molecule has 2 aromatic carbocycles. The van der Waals surface area contributed by atoms with Crippen molar-refractivity contribution in [2.45, 2.75) is 44.9 Å². The van der Waals surface area contributed by atoms with Gasteiger partial charge in [-0.2, -0.15) is 4.31 Å². The van der Waals surface area contributed by atoms with Gasteiger partial charge in [0.25, 0.3) is 0 Å². The zero-order valence-electron chi connectivity index (χ0n) is 19.0. The summed E-state index contributed by atoms with van der Waals surface area (Å²) < 4.78 is 27.3. The van der Waals surface area contributed by atoms with E-state index in [1.807, 2.05) is 32.9 Å². The fraction of sp³-hybridized carbons (Fsp3) is 0.391. The highest BCUT2D eigenvalue weighted by Crippen LogP contribution is 2.41. The van der Waals surface area contributed by atoms with Crippen molar-refractivity contribution in [2.75, 3.05) is 30.9 Å². The van der Waals surface area contributed by atoms with Gasteiger partial charge in [-0.15, -0.1) is 0 Å². The molecule has 0 unspecified atom stereocenters. The molecular weight excluding hydrogens is 414 g/mol. The Morgan fingerprint density at radius 3 is 2.26 bits per heavy atom. The normalized spacial score (nSPS) is 15.4. The first-order chi connectivity index (χ1) is 14.3. The van der Waals surface area contributed by atoms with Gasteiger partial charge in [0.15, 0.2) is 0 Å². The van der Waals surface area contributed by atoms with Crippen molar-refractivity contribution in [2.24, 2.45) is 0 Å². The number of fused-ring (bicyclic) bond motifs is 1. The van der Waals surface area contributed by atoms with E-state index in [1.54, 1.807) is 27.0 Å². The van der Waals surface area contributed by atoms with Crippen molar-refractivity contribution in [3.8, 4) is 0 Å². The molecule has 0 saturated heterocycles. The Hall–Kier alpha value is -2.71. The number of anilines is 2. The Balaban J connectivity index is 1.83. The van der Waals surface area contributed by atoms with E-state index >= 15 is 0 Å². The summed E-state index contributed by atoms with van der Waals surface area (Å²) in [6.45, 7) is 9.01. The van der Waals surface area contributed by atoms with Crippen LogP contribution in [0, 0.1) is 20.8 Å². The molecule has 0 saturated carbocycles. The molecule has 0 atom stereocenters. The molecule has 31 heavy (non-hydrogen) atoms. The van der Waals surface area contributed by atoms with E-state index in [0.29, 0.717) is 16.9 Å². The Bertz CT molecular complexity index is 1160. The largest absolute Gasteiger partial charge is 0.324 e. The van der Waals surface area contributed by atoms with Crippen molar-refractivity contribution in [3.63, 3.8) is 0 Å². The molecule has 3 rings (SSSR count). The van der Waals surface area contributed by atoms with Gasteiger partial charge in [0.05, 0.1) is 16.9 Å². The van der Waals surface area contributed by atoms with E-state index in [1.165, 1.54) is 24.1 Å². The number of hydrogen-bond donors (Lipinski definition) is 1. The maximum absolute atomic E-state index is 13.1. The van der Waals surface area contributed by atoms with Crippen LogP contribution in [0.2, 0.25) is 0 Å². The SMILES string of the molecule is Cc1cc(C)c(NC(=O)CN(C)S(=O)(=O)c2ccc3c(c2)C(C)(C)C(=O)N3C)c(C)c1. The molecule has 0 spiro atoms. The van der Waals surface area contributed by atoms with E-state index in [0.717, 1.165) is 21.0 Å². The molecule has 0 aliphatic carbocycles. The lowest BCUT2D eigenvalue weighted by molar-refractivity contribution is -0.121. The van der Waals surface area contributed by atoms with Crippen LogP contribution in [0.15, 0.2) is 35.2 Å². The number of rotatable bonds is 5. The Morgan fingerprint density at radius 2 is 1.68 bits per heavy atom. The molecule has 166 valence electrons. The zero-order valence-corrected chi connectivity index (χ0v) is 19.8. The first-order valence-corrected chi connectivity index (χ1v) is 11.5. The molecule has 0 aromatic heterocycles. The first kappa shape index (κ1) is 23.0. The number of nitrogens with zero attached hydrogens (tertiary/aromatic N) is 2. The van der Waals surface area contributed by atoms with Crippen LogP contribution in [-0.4, -0.2) is 45.2 Å². The van der Waals surface area contributed by atoms with Crippen LogP contribution in [0.25, 0.3) is 0 Å². The maximum Gasteiger partial charge on any atom is 0.243 e. The zero-order chi connectivity index (χ0) is 23.3. The molecule has 1 aliphatic heterocycles. The Morgan fingerprint density at radius 1 is 1.10 bits per heavy atom. The lowest BCUT2D eigenvalue weighted by Crippen LogP contribution is -2.35. The van der Waals surface area contributed by atoms with E-state index in [2.05, 4.69) is 5.32 Å². The summed E-state index contributed by atoms with van der Waals surface area (Å²) in [5.41, 5.74) is 4.17. The summed E-state index contributed by atoms with van der Waals surface area (Å²) in [6, 6.07) is 8.58. The Labute approximate surface area is 184 Å². The lowest BCUT2D eigenvalue weighted by atomic mass is 9.86. The van der Waals surface area contributed by atoms with E-state index in [-0.39, 0.29) is 17.3 Å². The monoisotopic (exact) mass is 443 g/mol. The third-order valence-electron chi connectivity index (χ3n) is 5.86. The molecule has 1 aliphatic rings. The summed E-state index contributed by atoms with van der Waals surface area (Å²) in [5.74, 6) is -0.508. The second-order valence-corrected chi connectivity index (χ2v) is 10.8. The van der Waals surface area contributed by atoms with Crippen LogP contribution in [0.3, 0.4) is 0 Å². The average molecular weight is 444 g/mol. The van der Waals surface area contributed by atoms with Crippen molar-refractivity contribution in [1.29, 1.82) is 0 Å². The van der Waals surface area contributed by atoms with Gasteiger partial charge >= 0.3 is 0 Å². The highest BCUT2D eigenvalue weighted by atomic mass is 32.2. The summed E-state index contributed by atoms with van der Waals surface area (Å²) in [4.78, 5) is 26.7. The minimum absolute atomic E-state index is 0.0559. The standard InChI is InChI=1S/C23H29N3O4S/c1-14-10-15(2)21(16(3)11-14)24-20(27)13-25(6)31(29,30)17-8-9-19-18(12-17)23(4,5)22(28)26(19)7/h8-12H,13H2,1-7H3,(H,24,27). The number of nitrogens with one attached hydrogen (secondary N) is 1. The molecule has 8 heteroatoms. The number of carbonyl (C=O) groups excluding carboxylic acids is 2. The van der Waals surface area contributed by atoms with Crippen LogP contribution in [0.5, 0.6) is 0 Å². The van der Waals surface area contributed by atoms with Crippen molar-refractivity contribution >= 4 is 33.2 Å². The van der Waals surface area contributed by atoms with Crippen LogP contribution in [-0.2, 0) is 25.0 Å². The van der Waals surface area contributed by atoms with Crippen LogP contribution in [0.1, 0.15) is 36.1 Å². The topological polar surface area (TPSA) is 86.8 Å². The summed E-state index contributed by atoms with van der Waals surface area (Å²) in [7, 11) is -0.867. The molecule has 1 N–H and O–H groups in total. The predicted octanol–water partition coefficient (Wildman–Crippen LogP) is 3.13. The summed E-state index contributed by atoms with van der Waals surface area (Å²) in [5, 5.41) is 2.83. The van der Waals surface area contributed by atoms with E-state index in [4.69, 9.17) is 0 Å². The van der Waals surface area contributed by atoms with Crippen LogP contribution in [0.4, 0.5) is 11.4 Å². The third kappa shape index (κ3) is 3.97. The minimum atomic E-state index is -3.92. The van der Waals surface area contributed by atoms with Gasteiger partial charge < -0.3 is 10.2 Å². The van der Waals surface area contributed by atoms with Crippen molar-refractivity contribution in [1.82, 2.24) is 4.31 Å². The van der Waals surface area contributed by atoms with Gasteiger partial charge in [-0.25, -0.2) is 8.42 Å². The van der Waals surface area contributed by atoms with Crippen LogP contribution < -0.4 is 10.2 Å². The van der Waals surface area contributed by atoms with Gasteiger partial charge in [-0.3, -0.25) is 9.59 Å². The third-order valence-corrected chi connectivity index (χ3v) is 7.66. The summed E-state index contributed by atoms with van der Waals surface area (Å²) >= 11 is 0. The average Bonchev–Trinajstić information content (AvgIpc) is 2.84. The molecular formula is C23H29N3O4S. The Kier molecular flexibility index (Phi) is 5.75. The fourth-order valence-electron chi connectivity index (χ4n) is 4.14. The second-order valence-electron chi connectivity index (χ2n) is 8.75. The number of hydrogen-bond acceptors (Lipinski definition) is 4. The molecule has 1 heterocycles. The highest BCUT2D eigenvalue weighted by Gasteiger charge is 2.43. The number of sulfonamides is 1. The van der Waals surface area contributed by atoms with Crippen molar-refractivity contribution in [3.05, 3.63) is 52.6 Å². The van der Waals surface area contributed by atoms with E-state index in [9.17, 15) is 18.0 Å².